The van der Waals surface area contributed by atoms with Crippen LogP contribution in [0.5, 0.6) is 0 Å². The van der Waals surface area contributed by atoms with E-state index in [1.165, 1.54) is 12.8 Å². The second-order valence-electron chi connectivity index (χ2n) is 4.22. The predicted octanol–water partition coefficient (Wildman–Crippen LogP) is 1.83. The molecule has 0 spiro atoms. The van der Waals surface area contributed by atoms with Crippen molar-refractivity contribution in [3.63, 3.8) is 0 Å². The number of Topliss-reactive ketones (excluding diaryl/α,β-unsaturated/α-hetero) is 1. The highest BCUT2D eigenvalue weighted by atomic mass is 16.3. The highest BCUT2D eigenvalue weighted by Gasteiger charge is 2.33. The molecule has 0 saturated heterocycles. The van der Waals surface area contributed by atoms with Gasteiger partial charge < -0.3 is 5.11 Å². The van der Waals surface area contributed by atoms with Gasteiger partial charge in [0.15, 0.2) is 5.78 Å². The number of aliphatic hydroxyl groups is 1. The van der Waals surface area contributed by atoms with Crippen LogP contribution in [0.25, 0.3) is 0 Å². The van der Waals surface area contributed by atoms with Crippen LogP contribution in [-0.2, 0) is 4.79 Å². The van der Waals surface area contributed by atoms with Crippen LogP contribution in [-0.4, -0.2) is 17.0 Å². The first-order valence-corrected chi connectivity index (χ1v) is 5.12. The SMILES string of the molecule is CC1=C(C2CCCC2)C(=O)CC1O. The van der Waals surface area contributed by atoms with E-state index in [2.05, 4.69) is 0 Å². The zero-order chi connectivity index (χ0) is 9.42. The summed E-state index contributed by atoms with van der Waals surface area (Å²) in [5.41, 5.74) is 1.90. The predicted molar refractivity (Wildman–Crippen MR) is 50.3 cm³/mol. The number of ketones is 1. The highest BCUT2D eigenvalue weighted by molar-refractivity contribution is 6.00. The Labute approximate surface area is 78.6 Å². The van der Waals surface area contributed by atoms with Crippen molar-refractivity contribution in [2.24, 2.45) is 5.92 Å². The van der Waals surface area contributed by atoms with Gasteiger partial charge in [0.05, 0.1) is 6.10 Å². The fraction of sp³-hybridized carbons (Fsp3) is 0.727. The lowest BCUT2D eigenvalue weighted by Gasteiger charge is -2.10. The average molecular weight is 180 g/mol. The number of allylic oxidation sites excluding steroid dienone is 1. The van der Waals surface area contributed by atoms with E-state index in [1.807, 2.05) is 6.92 Å². The maximum atomic E-state index is 11.6. The maximum Gasteiger partial charge on any atom is 0.162 e. The number of aliphatic hydroxyl groups excluding tert-OH is 1. The molecule has 0 aromatic carbocycles. The third kappa shape index (κ3) is 1.44. The van der Waals surface area contributed by atoms with Gasteiger partial charge >= 0.3 is 0 Å². The first kappa shape index (κ1) is 8.95. The molecule has 72 valence electrons. The zero-order valence-electron chi connectivity index (χ0n) is 8.05. The summed E-state index contributed by atoms with van der Waals surface area (Å²) in [6.45, 7) is 1.91. The molecule has 0 amide bonds. The van der Waals surface area contributed by atoms with Crippen LogP contribution >= 0.6 is 0 Å². The minimum atomic E-state index is -0.483. The Kier molecular flexibility index (Phi) is 2.24. The second-order valence-corrected chi connectivity index (χ2v) is 4.22. The van der Waals surface area contributed by atoms with Crippen LogP contribution < -0.4 is 0 Å². The van der Waals surface area contributed by atoms with Crippen LogP contribution in [0.4, 0.5) is 0 Å². The standard InChI is InChI=1S/C11H16O2/c1-7-9(12)6-10(13)11(7)8-4-2-3-5-8/h8-9,12H,2-6H2,1H3. The van der Waals surface area contributed by atoms with Crippen LogP contribution in [0.15, 0.2) is 11.1 Å². The average Bonchev–Trinajstić information content (AvgIpc) is 2.63. The lowest BCUT2D eigenvalue weighted by Crippen LogP contribution is -2.06. The van der Waals surface area contributed by atoms with Gasteiger partial charge in [0.1, 0.15) is 0 Å². The Hall–Kier alpha value is -0.630. The van der Waals surface area contributed by atoms with Crippen molar-refractivity contribution in [3.05, 3.63) is 11.1 Å². The van der Waals surface area contributed by atoms with Gasteiger partial charge in [-0.15, -0.1) is 0 Å². The van der Waals surface area contributed by atoms with Gasteiger partial charge in [-0.2, -0.15) is 0 Å². The Balaban J connectivity index is 2.24. The topological polar surface area (TPSA) is 37.3 Å². The molecule has 1 saturated carbocycles. The molecule has 0 radical (unpaired) electrons. The molecule has 2 aliphatic carbocycles. The summed E-state index contributed by atoms with van der Waals surface area (Å²) >= 11 is 0. The molecule has 13 heavy (non-hydrogen) atoms. The Morgan fingerprint density at radius 1 is 1.31 bits per heavy atom. The molecule has 1 unspecified atom stereocenters. The number of hydrogen-bond donors (Lipinski definition) is 1. The third-order valence-electron chi connectivity index (χ3n) is 3.37. The number of hydrogen-bond acceptors (Lipinski definition) is 2. The van der Waals surface area contributed by atoms with Gasteiger partial charge in [0.2, 0.25) is 0 Å². The summed E-state index contributed by atoms with van der Waals surface area (Å²) in [6.07, 6.45) is 4.62. The maximum absolute atomic E-state index is 11.6. The molecule has 0 bridgehead atoms. The van der Waals surface area contributed by atoms with Crippen LogP contribution in [0.1, 0.15) is 39.0 Å². The van der Waals surface area contributed by atoms with Crippen LogP contribution in [0.2, 0.25) is 0 Å². The van der Waals surface area contributed by atoms with Gasteiger partial charge in [0.25, 0.3) is 0 Å². The Morgan fingerprint density at radius 3 is 2.38 bits per heavy atom. The molecule has 1 atom stereocenters. The first-order valence-electron chi connectivity index (χ1n) is 5.12. The second kappa shape index (κ2) is 3.26. The van der Waals surface area contributed by atoms with Gasteiger partial charge in [0, 0.05) is 6.42 Å². The minimum absolute atomic E-state index is 0.192. The third-order valence-corrected chi connectivity index (χ3v) is 3.37. The Morgan fingerprint density at radius 2 is 1.92 bits per heavy atom. The van der Waals surface area contributed by atoms with Crippen molar-refractivity contribution < 1.29 is 9.90 Å². The van der Waals surface area contributed by atoms with Crippen molar-refractivity contribution >= 4 is 5.78 Å². The van der Waals surface area contributed by atoms with Gasteiger partial charge in [-0.05, 0) is 36.8 Å². The van der Waals surface area contributed by atoms with E-state index in [1.54, 1.807) is 0 Å². The zero-order valence-corrected chi connectivity index (χ0v) is 8.05. The van der Waals surface area contributed by atoms with Gasteiger partial charge in [-0.25, -0.2) is 0 Å². The molecular formula is C11H16O2. The summed E-state index contributed by atoms with van der Waals surface area (Å²) < 4.78 is 0. The monoisotopic (exact) mass is 180 g/mol. The van der Waals surface area contributed by atoms with Crippen molar-refractivity contribution in [1.82, 2.24) is 0 Å². The van der Waals surface area contributed by atoms with Crippen molar-refractivity contribution in [1.29, 1.82) is 0 Å². The molecule has 0 aromatic rings. The molecule has 1 fully saturated rings. The highest BCUT2D eigenvalue weighted by Crippen LogP contribution is 2.37. The minimum Gasteiger partial charge on any atom is -0.388 e. The fourth-order valence-electron chi connectivity index (χ4n) is 2.60. The van der Waals surface area contributed by atoms with Crippen molar-refractivity contribution in [3.8, 4) is 0 Å². The van der Waals surface area contributed by atoms with Gasteiger partial charge in [-0.3, -0.25) is 4.79 Å². The van der Waals surface area contributed by atoms with Crippen LogP contribution in [0.3, 0.4) is 0 Å². The molecule has 0 aliphatic heterocycles. The molecule has 1 N–H and O–H groups in total. The normalized spacial score (nSPS) is 30.6. The van der Waals surface area contributed by atoms with Crippen molar-refractivity contribution in [2.75, 3.05) is 0 Å². The fourth-order valence-corrected chi connectivity index (χ4v) is 2.60. The summed E-state index contributed by atoms with van der Waals surface area (Å²) in [5.74, 6) is 0.654. The van der Waals surface area contributed by atoms with E-state index in [0.717, 1.165) is 24.0 Å². The molecule has 2 nitrogen and oxygen atoms in total. The molecule has 2 heteroatoms. The Bertz CT molecular complexity index is 259. The van der Waals surface area contributed by atoms with E-state index < -0.39 is 6.10 Å². The largest absolute Gasteiger partial charge is 0.388 e. The van der Waals surface area contributed by atoms with E-state index in [0.29, 0.717) is 12.3 Å². The smallest absolute Gasteiger partial charge is 0.162 e. The lowest BCUT2D eigenvalue weighted by molar-refractivity contribution is -0.116. The van der Waals surface area contributed by atoms with Gasteiger partial charge in [-0.1, -0.05) is 12.8 Å². The summed E-state index contributed by atoms with van der Waals surface area (Å²) in [4.78, 5) is 11.6. The van der Waals surface area contributed by atoms with E-state index >= 15 is 0 Å². The number of carbonyl (C=O) groups excluding carboxylic acids is 1. The molecule has 0 aromatic heterocycles. The van der Waals surface area contributed by atoms with Crippen LogP contribution in [0, 0.1) is 5.92 Å². The summed E-state index contributed by atoms with van der Waals surface area (Å²) in [7, 11) is 0. The molecule has 0 heterocycles. The number of rotatable bonds is 1. The first-order chi connectivity index (χ1) is 6.20. The van der Waals surface area contributed by atoms with E-state index in [4.69, 9.17) is 0 Å². The molecule has 2 rings (SSSR count). The summed E-state index contributed by atoms with van der Waals surface area (Å²) in [6, 6.07) is 0. The quantitative estimate of drug-likeness (QED) is 0.668. The molecule has 2 aliphatic rings. The molecular weight excluding hydrogens is 164 g/mol. The van der Waals surface area contributed by atoms with Crippen molar-refractivity contribution in [2.45, 2.75) is 45.1 Å². The summed E-state index contributed by atoms with van der Waals surface area (Å²) in [5, 5.41) is 9.52. The van der Waals surface area contributed by atoms with E-state index in [-0.39, 0.29) is 5.78 Å². The van der Waals surface area contributed by atoms with E-state index in [9.17, 15) is 9.90 Å². The number of carbonyl (C=O) groups is 1. The lowest BCUT2D eigenvalue weighted by atomic mass is 9.94.